The number of benzene rings is 3. The fourth-order valence-electron chi connectivity index (χ4n) is 2.77. The van der Waals surface area contributed by atoms with Gasteiger partial charge in [0.25, 0.3) is 0 Å². The Balaban J connectivity index is 0.00000385. The Morgan fingerprint density at radius 2 is 1.12 bits per heavy atom. The summed E-state index contributed by atoms with van der Waals surface area (Å²) in [5.74, 6) is -10.7. The summed E-state index contributed by atoms with van der Waals surface area (Å²) in [6, 6.07) is 7.41. The van der Waals surface area contributed by atoms with Crippen molar-refractivity contribution in [3.63, 3.8) is 0 Å². The summed E-state index contributed by atoms with van der Waals surface area (Å²) in [4.78, 5) is 0. The maximum atomic E-state index is 14.4. The minimum absolute atomic E-state index is 0. The van der Waals surface area contributed by atoms with Gasteiger partial charge >= 0.3 is 12.5 Å². The highest BCUT2D eigenvalue weighted by Gasteiger charge is 2.42. The van der Waals surface area contributed by atoms with Crippen molar-refractivity contribution < 1.29 is 49.0 Å². The number of rotatable bonds is 5. The topological polar surface area (TPSA) is 18.5 Å². The number of halogens is 9. The van der Waals surface area contributed by atoms with Crippen LogP contribution in [0, 0.1) is 30.2 Å². The number of hydrogen-bond donors (Lipinski definition) is 0. The van der Waals surface area contributed by atoms with Crippen LogP contribution in [-0.4, -0.2) is 6.36 Å². The molecule has 0 spiro atoms. The minimum atomic E-state index is -5.46. The van der Waals surface area contributed by atoms with Gasteiger partial charge in [0, 0.05) is 12.1 Å². The van der Waals surface area contributed by atoms with Crippen molar-refractivity contribution >= 4 is 0 Å². The molecule has 0 N–H and O–H groups in total. The zero-order chi connectivity index (χ0) is 23.8. The predicted molar refractivity (Wildman–Crippen MR) is 101 cm³/mol. The number of ether oxygens (including phenoxy) is 2. The highest BCUT2D eigenvalue weighted by Crippen LogP contribution is 2.39. The monoisotopic (exact) mass is 482 g/mol. The van der Waals surface area contributed by atoms with Gasteiger partial charge in [0.15, 0.2) is 11.6 Å². The first-order valence-corrected chi connectivity index (χ1v) is 8.65. The van der Waals surface area contributed by atoms with Gasteiger partial charge in [-0.1, -0.05) is 37.3 Å². The van der Waals surface area contributed by atoms with Gasteiger partial charge in [0.2, 0.25) is 5.75 Å². The molecule has 0 aromatic heterocycles. The third kappa shape index (κ3) is 5.91. The zero-order valence-electron chi connectivity index (χ0n) is 15.8. The van der Waals surface area contributed by atoms with Gasteiger partial charge in [0.1, 0.15) is 22.9 Å². The summed E-state index contributed by atoms with van der Waals surface area (Å²) in [5, 5.41) is 0. The van der Waals surface area contributed by atoms with Crippen molar-refractivity contribution in [2.24, 2.45) is 0 Å². The highest BCUT2D eigenvalue weighted by atomic mass is 19.4. The van der Waals surface area contributed by atoms with E-state index in [0.29, 0.717) is 17.7 Å². The van der Waals surface area contributed by atoms with Crippen LogP contribution in [0.4, 0.5) is 39.5 Å². The fourth-order valence-corrected chi connectivity index (χ4v) is 2.77. The zero-order valence-corrected chi connectivity index (χ0v) is 15.8. The van der Waals surface area contributed by atoms with Gasteiger partial charge in [-0.2, -0.15) is 8.78 Å². The number of hydrogen-bond acceptors (Lipinski definition) is 2. The summed E-state index contributed by atoms with van der Waals surface area (Å²) < 4.78 is 129. The Morgan fingerprint density at radius 3 is 1.58 bits per heavy atom. The van der Waals surface area contributed by atoms with Crippen molar-refractivity contribution in [3.8, 4) is 22.6 Å². The van der Waals surface area contributed by atoms with Crippen molar-refractivity contribution in [3.05, 3.63) is 82.9 Å². The molecule has 0 aliphatic heterocycles. The molecular formula is C22H15F9O2. The highest BCUT2D eigenvalue weighted by molar-refractivity contribution is 5.64. The molecule has 2 nitrogen and oxygen atoms in total. The third-order valence-corrected chi connectivity index (χ3v) is 4.15. The normalized spacial score (nSPS) is 11.7. The van der Waals surface area contributed by atoms with Crippen LogP contribution >= 0.6 is 0 Å². The second kappa shape index (κ2) is 9.24. The Kier molecular flexibility index (Phi) is 7.25. The first kappa shape index (κ1) is 25.9. The second-order valence-corrected chi connectivity index (χ2v) is 6.56. The van der Waals surface area contributed by atoms with Gasteiger partial charge < -0.3 is 9.47 Å². The average Bonchev–Trinajstić information content (AvgIpc) is 2.63. The van der Waals surface area contributed by atoms with Crippen LogP contribution in [0.1, 0.15) is 18.6 Å². The molecule has 0 heterocycles. The van der Waals surface area contributed by atoms with Gasteiger partial charge in [-0.3, -0.25) is 0 Å². The van der Waals surface area contributed by atoms with Gasteiger partial charge in [0.05, 0.1) is 0 Å². The average molecular weight is 482 g/mol. The summed E-state index contributed by atoms with van der Waals surface area (Å²) in [5.41, 5.74) is -0.749. The van der Waals surface area contributed by atoms with Gasteiger partial charge in [-0.25, -0.2) is 17.6 Å². The molecule has 0 fully saturated rings. The standard InChI is InChI=1S/C21H11F9O2.CH4/c1-10-2-4-11(5-3-10)12-6-14(22)18(15(23)7-12)20(26,27)31-13-8-16(24)19(17(25)9-13)32-21(28,29)30;/h2-9H,1H3;1H4. The lowest BCUT2D eigenvalue weighted by Gasteiger charge is -2.20. The third-order valence-electron chi connectivity index (χ3n) is 4.15. The van der Waals surface area contributed by atoms with Crippen molar-refractivity contribution in [1.82, 2.24) is 0 Å². The first-order valence-electron chi connectivity index (χ1n) is 8.65. The van der Waals surface area contributed by atoms with E-state index in [1.54, 1.807) is 19.1 Å². The van der Waals surface area contributed by atoms with Crippen LogP contribution in [0.5, 0.6) is 11.5 Å². The molecule has 0 amide bonds. The molecule has 178 valence electrons. The molecule has 0 saturated carbocycles. The maximum absolute atomic E-state index is 14.4. The molecule has 33 heavy (non-hydrogen) atoms. The van der Waals surface area contributed by atoms with Crippen molar-refractivity contribution in [2.45, 2.75) is 26.8 Å². The first-order chi connectivity index (χ1) is 14.8. The molecular weight excluding hydrogens is 467 g/mol. The molecule has 0 bridgehead atoms. The summed E-state index contributed by atoms with van der Waals surface area (Å²) in [6.07, 6.45) is -10.2. The predicted octanol–water partition coefficient (Wildman–Crippen LogP) is 7.88. The van der Waals surface area contributed by atoms with Crippen LogP contribution < -0.4 is 9.47 Å². The Bertz CT molecular complexity index is 1090. The number of aryl methyl sites for hydroxylation is 1. The smallest absolute Gasteiger partial charge is 0.429 e. The molecule has 0 aliphatic rings. The molecule has 0 unspecified atom stereocenters. The van der Waals surface area contributed by atoms with E-state index in [-0.39, 0.29) is 25.1 Å². The second-order valence-electron chi connectivity index (χ2n) is 6.56. The van der Waals surface area contributed by atoms with E-state index in [0.717, 1.165) is 5.56 Å². The quantitative estimate of drug-likeness (QED) is 0.345. The molecule has 3 rings (SSSR count). The fraction of sp³-hybridized carbons (Fsp3) is 0.182. The van der Waals surface area contributed by atoms with E-state index < -0.39 is 52.8 Å². The summed E-state index contributed by atoms with van der Waals surface area (Å²) in [7, 11) is 0. The molecule has 3 aromatic carbocycles. The Morgan fingerprint density at radius 1 is 0.636 bits per heavy atom. The molecule has 11 heteroatoms. The lowest BCUT2D eigenvalue weighted by atomic mass is 10.0. The van der Waals surface area contributed by atoms with Gasteiger partial charge in [-0.05, 0) is 30.2 Å². The molecule has 0 aliphatic carbocycles. The van der Waals surface area contributed by atoms with Crippen molar-refractivity contribution in [1.29, 1.82) is 0 Å². The van der Waals surface area contributed by atoms with E-state index in [4.69, 9.17) is 0 Å². The molecule has 3 aromatic rings. The largest absolute Gasteiger partial charge is 0.573 e. The minimum Gasteiger partial charge on any atom is -0.429 e. The van der Waals surface area contributed by atoms with Crippen LogP contribution in [0.15, 0.2) is 48.5 Å². The van der Waals surface area contributed by atoms with E-state index >= 15 is 0 Å². The molecule has 0 saturated heterocycles. The Hall–Kier alpha value is -3.37. The molecule has 0 atom stereocenters. The Labute approximate surface area is 182 Å². The van der Waals surface area contributed by atoms with E-state index in [9.17, 15) is 39.5 Å². The SMILES string of the molecule is C.Cc1ccc(-c2cc(F)c(C(F)(F)Oc3cc(F)c(OC(F)(F)F)c(F)c3)c(F)c2)cc1. The van der Waals surface area contributed by atoms with E-state index in [1.807, 2.05) is 0 Å². The van der Waals surface area contributed by atoms with Crippen LogP contribution in [0.3, 0.4) is 0 Å². The number of alkyl halides is 5. The lowest BCUT2D eigenvalue weighted by molar-refractivity contribution is -0.276. The summed E-state index contributed by atoms with van der Waals surface area (Å²) in [6.45, 7) is 1.76. The van der Waals surface area contributed by atoms with E-state index in [1.165, 1.54) is 12.1 Å². The lowest BCUT2D eigenvalue weighted by Crippen LogP contribution is -2.25. The van der Waals surface area contributed by atoms with Gasteiger partial charge in [-0.15, -0.1) is 13.2 Å². The molecule has 0 radical (unpaired) electrons. The maximum Gasteiger partial charge on any atom is 0.573 e. The van der Waals surface area contributed by atoms with Crippen LogP contribution in [0.2, 0.25) is 0 Å². The van der Waals surface area contributed by atoms with Crippen LogP contribution in [0.25, 0.3) is 11.1 Å². The summed E-state index contributed by atoms with van der Waals surface area (Å²) >= 11 is 0. The van der Waals surface area contributed by atoms with E-state index in [2.05, 4.69) is 9.47 Å². The van der Waals surface area contributed by atoms with Crippen molar-refractivity contribution in [2.75, 3.05) is 0 Å². The van der Waals surface area contributed by atoms with Crippen LogP contribution in [-0.2, 0) is 6.11 Å².